The molecule has 1 aromatic rings. The molecule has 3 fully saturated rings. The number of nitrogens with zero attached hydrogens (tertiary/aromatic N) is 3. The van der Waals surface area contributed by atoms with E-state index in [4.69, 9.17) is 9.47 Å². The van der Waals surface area contributed by atoms with Crippen molar-refractivity contribution in [3.05, 3.63) is 22.4 Å². The molecule has 2 atom stereocenters. The third kappa shape index (κ3) is 3.91. The fourth-order valence-electron chi connectivity index (χ4n) is 4.39. The van der Waals surface area contributed by atoms with Crippen LogP contribution in [0.2, 0.25) is 0 Å². The van der Waals surface area contributed by atoms with Crippen LogP contribution in [0.4, 0.5) is 0 Å². The van der Waals surface area contributed by atoms with Crippen LogP contribution in [0.1, 0.15) is 23.8 Å². The molecule has 1 spiro atoms. The summed E-state index contributed by atoms with van der Waals surface area (Å²) in [6, 6.07) is 4.77. The van der Waals surface area contributed by atoms with E-state index in [1.54, 1.807) is 0 Å². The fourth-order valence-corrected chi connectivity index (χ4v) is 5.25. The van der Waals surface area contributed by atoms with Crippen LogP contribution in [-0.2, 0) is 9.47 Å². The van der Waals surface area contributed by atoms with Crippen LogP contribution in [0.5, 0.6) is 0 Å². The molecule has 1 aromatic heterocycles. The van der Waals surface area contributed by atoms with Crippen molar-refractivity contribution < 1.29 is 9.47 Å². The van der Waals surface area contributed by atoms with E-state index in [0.29, 0.717) is 11.5 Å². The predicted octanol–water partition coefficient (Wildman–Crippen LogP) is 1.81. The molecule has 26 heavy (non-hydrogen) atoms. The molecule has 0 aliphatic carbocycles. The van der Waals surface area contributed by atoms with Gasteiger partial charge in [0.1, 0.15) is 0 Å². The SMILES string of the molecule is CN=C(NCC(c1cccs1)N1CCOCC1)N1CCC2(CCOC2)C1. The zero-order chi connectivity index (χ0) is 17.8. The van der Waals surface area contributed by atoms with Gasteiger partial charge in [-0.1, -0.05) is 6.07 Å². The summed E-state index contributed by atoms with van der Waals surface area (Å²) < 4.78 is 11.2. The van der Waals surface area contributed by atoms with Crippen molar-refractivity contribution in [2.75, 3.05) is 66.2 Å². The van der Waals surface area contributed by atoms with Crippen LogP contribution in [0, 0.1) is 5.41 Å². The van der Waals surface area contributed by atoms with Crippen molar-refractivity contribution >= 4 is 17.3 Å². The fraction of sp³-hybridized carbons (Fsp3) is 0.737. The van der Waals surface area contributed by atoms with Gasteiger partial charge < -0.3 is 19.7 Å². The minimum atomic E-state index is 0.356. The Morgan fingerprint density at radius 1 is 1.27 bits per heavy atom. The first kappa shape index (κ1) is 18.2. The number of guanidine groups is 1. The zero-order valence-corrected chi connectivity index (χ0v) is 16.5. The highest BCUT2D eigenvalue weighted by Crippen LogP contribution is 2.38. The molecule has 3 aliphatic rings. The molecule has 0 radical (unpaired) electrons. The molecule has 2 unspecified atom stereocenters. The summed E-state index contributed by atoms with van der Waals surface area (Å²) in [6.45, 7) is 8.48. The standard InChI is InChI=1S/C19H30N4O2S/c1-20-18(23-6-4-19(14-23)5-9-25-15-19)21-13-16(17-3-2-12-26-17)22-7-10-24-11-8-22/h2-3,12,16H,4-11,13-15H2,1H3,(H,20,21). The average Bonchev–Trinajstić information content (AvgIpc) is 3.44. The normalized spacial score (nSPS) is 28.8. The van der Waals surface area contributed by atoms with Gasteiger partial charge in [-0.3, -0.25) is 9.89 Å². The van der Waals surface area contributed by atoms with Gasteiger partial charge in [0.05, 0.1) is 25.9 Å². The van der Waals surface area contributed by atoms with E-state index in [9.17, 15) is 0 Å². The maximum Gasteiger partial charge on any atom is 0.193 e. The number of rotatable bonds is 4. The molecule has 0 saturated carbocycles. The number of hydrogen-bond acceptors (Lipinski definition) is 5. The largest absolute Gasteiger partial charge is 0.381 e. The topological polar surface area (TPSA) is 49.3 Å². The highest BCUT2D eigenvalue weighted by molar-refractivity contribution is 7.10. The Morgan fingerprint density at radius 3 is 2.85 bits per heavy atom. The second-order valence-electron chi connectivity index (χ2n) is 7.58. The Balaban J connectivity index is 1.39. The van der Waals surface area contributed by atoms with Gasteiger partial charge in [-0.2, -0.15) is 0 Å². The lowest BCUT2D eigenvalue weighted by Gasteiger charge is -2.35. The maximum atomic E-state index is 5.67. The Labute approximate surface area is 160 Å². The summed E-state index contributed by atoms with van der Waals surface area (Å²) in [5, 5.41) is 5.83. The lowest BCUT2D eigenvalue weighted by molar-refractivity contribution is 0.0176. The highest BCUT2D eigenvalue weighted by Gasteiger charge is 2.42. The van der Waals surface area contributed by atoms with Gasteiger partial charge in [-0.25, -0.2) is 0 Å². The third-order valence-corrected chi connectivity index (χ3v) is 6.92. The van der Waals surface area contributed by atoms with E-state index in [1.807, 2.05) is 18.4 Å². The molecule has 7 heteroatoms. The second-order valence-corrected chi connectivity index (χ2v) is 8.56. The first-order valence-corrected chi connectivity index (χ1v) is 10.6. The maximum absolute atomic E-state index is 5.67. The van der Waals surface area contributed by atoms with E-state index in [-0.39, 0.29) is 0 Å². The van der Waals surface area contributed by atoms with Gasteiger partial charge >= 0.3 is 0 Å². The van der Waals surface area contributed by atoms with Gasteiger partial charge in [-0.05, 0) is 24.3 Å². The smallest absolute Gasteiger partial charge is 0.193 e. The predicted molar refractivity (Wildman–Crippen MR) is 105 cm³/mol. The summed E-state index contributed by atoms with van der Waals surface area (Å²) in [4.78, 5) is 10.9. The number of hydrogen-bond donors (Lipinski definition) is 1. The monoisotopic (exact) mass is 378 g/mol. The minimum Gasteiger partial charge on any atom is -0.381 e. The molecule has 4 heterocycles. The highest BCUT2D eigenvalue weighted by atomic mass is 32.1. The Hall–Kier alpha value is -1.15. The van der Waals surface area contributed by atoms with E-state index in [1.165, 1.54) is 17.7 Å². The van der Waals surface area contributed by atoms with E-state index in [2.05, 4.69) is 37.6 Å². The molecular formula is C19H30N4O2S. The van der Waals surface area contributed by atoms with Crippen molar-refractivity contribution in [1.82, 2.24) is 15.1 Å². The molecule has 4 rings (SSSR count). The molecule has 144 valence electrons. The molecule has 6 nitrogen and oxygen atoms in total. The Bertz CT molecular complexity index is 595. The Morgan fingerprint density at radius 2 is 2.15 bits per heavy atom. The van der Waals surface area contributed by atoms with E-state index >= 15 is 0 Å². The van der Waals surface area contributed by atoms with E-state index in [0.717, 1.165) is 65.1 Å². The molecule has 0 amide bonds. The first-order chi connectivity index (χ1) is 12.8. The summed E-state index contributed by atoms with van der Waals surface area (Å²) in [5.41, 5.74) is 0.356. The number of thiophene rings is 1. The van der Waals surface area contributed by atoms with Crippen LogP contribution in [0.3, 0.4) is 0 Å². The van der Waals surface area contributed by atoms with Crippen molar-refractivity contribution in [1.29, 1.82) is 0 Å². The number of nitrogens with one attached hydrogen (secondary N) is 1. The first-order valence-electron chi connectivity index (χ1n) is 9.68. The molecule has 0 aromatic carbocycles. The zero-order valence-electron chi connectivity index (χ0n) is 15.7. The number of likely N-dealkylation sites (tertiary alicyclic amines) is 1. The van der Waals surface area contributed by atoms with Crippen molar-refractivity contribution in [3.8, 4) is 0 Å². The van der Waals surface area contributed by atoms with Crippen LogP contribution >= 0.6 is 11.3 Å². The van der Waals surface area contributed by atoms with Crippen LogP contribution < -0.4 is 5.32 Å². The lowest BCUT2D eigenvalue weighted by atomic mass is 9.87. The number of ether oxygens (including phenoxy) is 2. The number of morpholine rings is 1. The van der Waals surface area contributed by atoms with Gasteiger partial charge in [0.15, 0.2) is 5.96 Å². The summed E-state index contributed by atoms with van der Waals surface area (Å²) in [5.74, 6) is 1.03. The summed E-state index contributed by atoms with van der Waals surface area (Å²) in [7, 11) is 1.90. The van der Waals surface area contributed by atoms with Crippen molar-refractivity contribution in [3.63, 3.8) is 0 Å². The molecule has 0 bridgehead atoms. The Kier molecular flexibility index (Phi) is 5.78. The van der Waals surface area contributed by atoms with Crippen molar-refractivity contribution in [2.24, 2.45) is 10.4 Å². The van der Waals surface area contributed by atoms with E-state index < -0.39 is 0 Å². The van der Waals surface area contributed by atoms with Crippen LogP contribution in [-0.4, -0.2) is 82.0 Å². The average molecular weight is 379 g/mol. The molecule has 1 N–H and O–H groups in total. The van der Waals surface area contributed by atoms with Crippen LogP contribution in [0.15, 0.2) is 22.5 Å². The molecule has 3 saturated heterocycles. The van der Waals surface area contributed by atoms with Gasteiger partial charge in [-0.15, -0.1) is 11.3 Å². The van der Waals surface area contributed by atoms with Gasteiger partial charge in [0, 0.05) is 56.7 Å². The lowest BCUT2D eigenvalue weighted by Crippen LogP contribution is -2.47. The summed E-state index contributed by atoms with van der Waals surface area (Å²) >= 11 is 1.84. The van der Waals surface area contributed by atoms with Crippen molar-refractivity contribution in [2.45, 2.75) is 18.9 Å². The third-order valence-electron chi connectivity index (χ3n) is 5.95. The molecular weight excluding hydrogens is 348 g/mol. The van der Waals surface area contributed by atoms with Gasteiger partial charge in [0.2, 0.25) is 0 Å². The van der Waals surface area contributed by atoms with Gasteiger partial charge in [0.25, 0.3) is 0 Å². The molecule has 3 aliphatic heterocycles. The van der Waals surface area contributed by atoms with Crippen LogP contribution in [0.25, 0.3) is 0 Å². The summed E-state index contributed by atoms with van der Waals surface area (Å²) in [6.07, 6.45) is 2.40. The second kappa shape index (κ2) is 8.25. The quantitative estimate of drug-likeness (QED) is 0.640. The number of aliphatic imine (C=N–C) groups is 1. The minimum absolute atomic E-state index is 0.356.